The van der Waals surface area contributed by atoms with Crippen LogP contribution in [0.15, 0.2) is 18.2 Å². The Kier molecular flexibility index (Phi) is 5.17. The Balaban J connectivity index is 1.97. The van der Waals surface area contributed by atoms with Crippen LogP contribution in [0.25, 0.3) is 0 Å². The number of benzene rings is 1. The standard InChI is InChI=1S/C16H23FN2O2/c1-11(14-7-6-12(17)9-15(14)21-3)18-16(20)10-13-5-4-8-19(13)2/h6-7,9,11,13H,4-5,8,10H2,1-3H3,(H,18,20)/t11-,13-/m0/s1. The number of nitrogens with zero attached hydrogens (tertiary/aromatic N) is 1. The van der Waals surface area contributed by atoms with Gasteiger partial charge in [0.2, 0.25) is 5.91 Å². The maximum absolute atomic E-state index is 13.2. The van der Waals surface area contributed by atoms with Gasteiger partial charge in [0.15, 0.2) is 0 Å². The Morgan fingerprint density at radius 3 is 2.95 bits per heavy atom. The summed E-state index contributed by atoms with van der Waals surface area (Å²) in [5.74, 6) is 0.134. The van der Waals surface area contributed by atoms with Crippen molar-refractivity contribution in [2.24, 2.45) is 0 Å². The van der Waals surface area contributed by atoms with E-state index in [-0.39, 0.29) is 17.8 Å². The molecule has 1 heterocycles. The van der Waals surface area contributed by atoms with Gasteiger partial charge in [-0.3, -0.25) is 4.79 Å². The van der Waals surface area contributed by atoms with Crippen LogP contribution in [0.4, 0.5) is 4.39 Å². The number of methoxy groups -OCH3 is 1. The van der Waals surface area contributed by atoms with Crippen molar-refractivity contribution in [1.82, 2.24) is 10.2 Å². The monoisotopic (exact) mass is 294 g/mol. The summed E-state index contributed by atoms with van der Waals surface area (Å²) in [6.45, 7) is 2.94. The molecule has 1 aliphatic heterocycles. The number of hydrogen-bond acceptors (Lipinski definition) is 3. The first-order valence-electron chi connectivity index (χ1n) is 7.34. The van der Waals surface area contributed by atoms with Crippen LogP contribution in [0.5, 0.6) is 5.75 Å². The van der Waals surface area contributed by atoms with Gasteiger partial charge in [-0.15, -0.1) is 0 Å². The molecule has 5 heteroatoms. The fourth-order valence-electron chi connectivity index (χ4n) is 2.87. The summed E-state index contributed by atoms with van der Waals surface area (Å²) in [5, 5.41) is 2.97. The first kappa shape index (κ1) is 15.8. The number of ether oxygens (including phenoxy) is 1. The minimum atomic E-state index is -0.346. The molecule has 0 radical (unpaired) electrons. The summed E-state index contributed by atoms with van der Waals surface area (Å²) in [5.41, 5.74) is 0.784. The van der Waals surface area contributed by atoms with Crippen molar-refractivity contribution >= 4 is 5.91 Å². The Bertz CT molecular complexity index is 507. The number of nitrogens with one attached hydrogen (secondary N) is 1. The lowest BCUT2D eigenvalue weighted by Gasteiger charge is -2.21. The van der Waals surface area contributed by atoms with E-state index in [0.717, 1.165) is 24.9 Å². The molecule has 1 fully saturated rings. The third kappa shape index (κ3) is 3.94. The van der Waals surface area contributed by atoms with E-state index in [9.17, 15) is 9.18 Å². The molecule has 1 saturated heterocycles. The summed E-state index contributed by atoms with van der Waals surface area (Å²) in [6, 6.07) is 4.49. The maximum atomic E-state index is 13.2. The van der Waals surface area contributed by atoms with Crippen LogP contribution in [0.2, 0.25) is 0 Å². The van der Waals surface area contributed by atoms with Crippen molar-refractivity contribution in [1.29, 1.82) is 0 Å². The highest BCUT2D eigenvalue weighted by molar-refractivity contribution is 5.77. The zero-order valence-corrected chi connectivity index (χ0v) is 12.9. The second-order valence-electron chi connectivity index (χ2n) is 5.66. The van der Waals surface area contributed by atoms with Gasteiger partial charge >= 0.3 is 0 Å². The Morgan fingerprint density at radius 1 is 1.57 bits per heavy atom. The highest BCUT2D eigenvalue weighted by Crippen LogP contribution is 2.26. The van der Waals surface area contributed by atoms with Gasteiger partial charge in [-0.25, -0.2) is 4.39 Å². The lowest BCUT2D eigenvalue weighted by atomic mass is 10.1. The fraction of sp³-hybridized carbons (Fsp3) is 0.562. The maximum Gasteiger partial charge on any atom is 0.222 e. The number of halogens is 1. The van der Waals surface area contributed by atoms with Crippen LogP contribution < -0.4 is 10.1 Å². The average Bonchev–Trinajstić information content (AvgIpc) is 2.83. The molecule has 2 rings (SSSR count). The number of rotatable bonds is 5. The first-order chi connectivity index (χ1) is 10.0. The van der Waals surface area contributed by atoms with E-state index in [4.69, 9.17) is 4.74 Å². The third-order valence-corrected chi connectivity index (χ3v) is 4.13. The number of amides is 1. The smallest absolute Gasteiger partial charge is 0.222 e. The number of carbonyl (C=O) groups excluding carboxylic acids is 1. The van der Waals surface area contributed by atoms with Gasteiger partial charge in [-0.2, -0.15) is 0 Å². The normalized spacial score (nSPS) is 20.3. The lowest BCUT2D eigenvalue weighted by molar-refractivity contribution is -0.122. The van der Waals surface area contributed by atoms with Crippen molar-refractivity contribution in [2.75, 3.05) is 20.7 Å². The van der Waals surface area contributed by atoms with Crippen LogP contribution >= 0.6 is 0 Å². The molecule has 1 N–H and O–H groups in total. The molecule has 0 aliphatic carbocycles. The van der Waals surface area contributed by atoms with E-state index >= 15 is 0 Å². The van der Waals surface area contributed by atoms with Crippen molar-refractivity contribution in [3.8, 4) is 5.75 Å². The second kappa shape index (κ2) is 6.89. The predicted octanol–water partition coefficient (Wildman–Crippen LogP) is 2.50. The van der Waals surface area contributed by atoms with Gasteiger partial charge in [-0.05, 0) is 39.4 Å². The molecule has 0 spiro atoms. The molecule has 4 nitrogen and oxygen atoms in total. The summed E-state index contributed by atoms with van der Waals surface area (Å²) in [7, 11) is 3.55. The molecule has 0 aromatic heterocycles. The molecule has 116 valence electrons. The Labute approximate surface area is 125 Å². The Morgan fingerprint density at radius 2 is 2.33 bits per heavy atom. The van der Waals surface area contributed by atoms with Crippen molar-refractivity contribution in [3.05, 3.63) is 29.6 Å². The quantitative estimate of drug-likeness (QED) is 0.907. The van der Waals surface area contributed by atoms with Gasteiger partial charge < -0.3 is 15.0 Å². The molecule has 1 aromatic carbocycles. The fourth-order valence-corrected chi connectivity index (χ4v) is 2.87. The minimum absolute atomic E-state index is 0.0210. The highest BCUT2D eigenvalue weighted by atomic mass is 19.1. The minimum Gasteiger partial charge on any atom is -0.496 e. The van der Waals surface area contributed by atoms with E-state index in [1.807, 2.05) is 6.92 Å². The number of carbonyl (C=O) groups is 1. The van der Waals surface area contributed by atoms with E-state index in [1.165, 1.54) is 19.2 Å². The molecular formula is C16H23FN2O2. The van der Waals surface area contributed by atoms with Crippen LogP contribution in [0.3, 0.4) is 0 Å². The molecule has 1 aromatic rings. The first-order valence-corrected chi connectivity index (χ1v) is 7.34. The average molecular weight is 294 g/mol. The van der Waals surface area contributed by atoms with E-state index in [0.29, 0.717) is 18.2 Å². The van der Waals surface area contributed by atoms with Crippen molar-refractivity contribution in [2.45, 2.75) is 38.3 Å². The van der Waals surface area contributed by atoms with Gasteiger partial charge in [-0.1, -0.05) is 6.07 Å². The van der Waals surface area contributed by atoms with Crippen molar-refractivity contribution < 1.29 is 13.9 Å². The zero-order chi connectivity index (χ0) is 15.4. The van der Waals surface area contributed by atoms with Crippen LogP contribution in [0, 0.1) is 5.82 Å². The molecule has 1 amide bonds. The van der Waals surface area contributed by atoms with Gasteiger partial charge in [0.1, 0.15) is 11.6 Å². The van der Waals surface area contributed by atoms with Gasteiger partial charge in [0.05, 0.1) is 13.2 Å². The SMILES string of the molecule is COc1cc(F)ccc1[C@H](C)NC(=O)C[C@@H]1CCCN1C. The van der Waals surface area contributed by atoms with Crippen molar-refractivity contribution in [3.63, 3.8) is 0 Å². The molecule has 21 heavy (non-hydrogen) atoms. The summed E-state index contributed by atoms with van der Waals surface area (Å²) >= 11 is 0. The van der Waals surface area contributed by atoms with Gasteiger partial charge in [0, 0.05) is 24.1 Å². The topological polar surface area (TPSA) is 41.6 Å². The van der Waals surface area contributed by atoms with E-state index in [1.54, 1.807) is 6.07 Å². The zero-order valence-electron chi connectivity index (χ0n) is 12.9. The lowest BCUT2D eigenvalue weighted by Crippen LogP contribution is -2.34. The van der Waals surface area contributed by atoms with Crippen LogP contribution in [0.1, 0.15) is 37.8 Å². The molecule has 1 aliphatic rings. The van der Waals surface area contributed by atoms with E-state index < -0.39 is 0 Å². The molecular weight excluding hydrogens is 271 g/mol. The van der Waals surface area contributed by atoms with Crippen LogP contribution in [-0.2, 0) is 4.79 Å². The largest absolute Gasteiger partial charge is 0.496 e. The molecule has 0 saturated carbocycles. The molecule has 0 unspecified atom stereocenters. The summed E-state index contributed by atoms with van der Waals surface area (Å²) < 4.78 is 18.4. The van der Waals surface area contributed by atoms with Crippen LogP contribution in [-0.4, -0.2) is 37.6 Å². The third-order valence-electron chi connectivity index (χ3n) is 4.13. The number of likely N-dealkylation sites (tertiary alicyclic amines) is 1. The Hall–Kier alpha value is -1.62. The van der Waals surface area contributed by atoms with E-state index in [2.05, 4.69) is 17.3 Å². The van der Waals surface area contributed by atoms with Gasteiger partial charge in [0.25, 0.3) is 0 Å². The second-order valence-corrected chi connectivity index (χ2v) is 5.66. The predicted molar refractivity (Wildman–Crippen MR) is 79.8 cm³/mol. The number of hydrogen-bond donors (Lipinski definition) is 1. The molecule has 0 bridgehead atoms. The highest BCUT2D eigenvalue weighted by Gasteiger charge is 2.24. The molecule has 2 atom stereocenters. The summed E-state index contributed by atoms with van der Waals surface area (Å²) in [6.07, 6.45) is 2.72. The summed E-state index contributed by atoms with van der Waals surface area (Å²) in [4.78, 5) is 14.4.